The minimum absolute atomic E-state index is 1.10. The topological polar surface area (TPSA) is 4.93 Å². The molecule has 1 heterocycles. The molecule has 1 nitrogen and oxygen atoms in total. The number of benzene rings is 1. The van der Waals surface area contributed by atoms with Gasteiger partial charge in [0.2, 0.25) is 0 Å². The minimum Gasteiger partial charge on any atom is -0.347 e. The van der Waals surface area contributed by atoms with Gasteiger partial charge in [0.15, 0.2) is 0 Å². The summed E-state index contributed by atoms with van der Waals surface area (Å²) >= 11 is 1.80. The fourth-order valence-electron chi connectivity index (χ4n) is 2.21. The molecule has 0 aliphatic rings. The Hall–Kier alpha value is -1.67. The normalized spacial score (nSPS) is 10.6. The van der Waals surface area contributed by atoms with E-state index in [-0.39, 0.29) is 0 Å². The van der Waals surface area contributed by atoms with Crippen LogP contribution >= 0.6 is 11.8 Å². The first-order chi connectivity index (χ1) is 9.43. The summed E-state index contributed by atoms with van der Waals surface area (Å²) in [5.41, 5.74) is 6.02. The van der Waals surface area contributed by atoms with Crippen LogP contribution in [0.2, 0.25) is 0 Å². The van der Waals surface area contributed by atoms with Gasteiger partial charge in [-0.25, -0.2) is 0 Å². The van der Waals surface area contributed by atoms with E-state index < -0.39 is 0 Å². The molecule has 0 radical (unpaired) electrons. The number of allylic oxidation sites excluding steroid dienone is 1. The molecule has 0 atom stereocenters. The molecule has 0 saturated carbocycles. The van der Waals surface area contributed by atoms with Gasteiger partial charge in [-0.3, -0.25) is 0 Å². The highest BCUT2D eigenvalue weighted by Gasteiger charge is 2.11. The molecule has 0 amide bonds. The van der Waals surface area contributed by atoms with Crippen molar-refractivity contribution in [2.45, 2.75) is 30.6 Å². The molecule has 2 aromatic rings. The van der Waals surface area contributed by atoms with Crippen molar-refractivity contribution < 1.29 is 0 Å². The third-order valence-corrected chi connectivity index (χ3v) is 4.75. The third-order valence-electron chi connectivity index (χ3n) is 3.62. The van der Waals surface area contributed by atoms with Crippen molar-refractivity contribution in [3.63, 3.8) is 0 Å². The van der Waals surface area contributed by atoms with Gasteiger partial charge in [0, 0.05) is 28.2 Å². The number of hydrogen-bond acceptors (Lipinski definition) is 1. The van der Waals surface area contributed by atoms with E-state index in [1.807, 2.05) is 13.0 Å². The van der Waals surface area contributed by atoms with Crippen LogP contribution in [0.4, 0.5) is 0 Å². The SMILES string of the molecule is C=Cc1cc(Sc2cc(C(=C)C)n(C)c2C)ccc1C. The Morgan fingerprint density at radius 3 is 2.50 bits per heavy atom. The first-order valence-electron chi connectivity index (χ1n) is 6.67. The molecule has 104 valence electrons. The second-order valence-corrected chi connectivity index (χ2v) is 6.26. The first-order valence-corrected chi connectivity index (χ1v) is 7.49. The fourth-order valence-corrected chi connectivity index (χ4v) is 3.24. The monoisotopic (exact) mass is 283 g/mol. The van der Waals surface area contributed by atoms with Crippen molar-refractivity contribution in [1.29, 1.82) is 0 Å². The van der Waals surface area contributed by atoms with Crippen LogP contribution in [-0.2, 0) is 7.05 Å². The standard InChI is InChI=1S/C18H21NS/c1-7-15-10-16(9-8-13(15)4)20-18-11-17(12(2)3)19(6)14(18)5/h7-11H,1-2H2,3-6H3. The summed E-state index contributed by atoms with van der Waals surface area (Å²) < 4.78 is 2.20. The van der Waals surface area contributed by atoms with Crippen LogP contribution in [0.15, 0.2) is 47.2 Å². The third kappa shape index (κ3) is 2.75. The van der Waals surface area contributed by atoms with Crippen LogP contribution in [0.1, 0.15) is 29.4 Å². The zero-order chi connectivity index (χ0) is 14.9. The maximum absolute atomic E-state index is 4.04. The second-order valence-electron chi connectivity index (χ2n) is 5.14. The fraction of sp³-hybridized carbons (Fsp3) is 0.222. The van der Waals surface area contributed by atoms with Gasteiger partial charge >= 0.3 is 0 Å². The molecule has 0 fully saturated rings. The zero-order valence-corrected chi connectivity index (χ0v) is 13.5. The predicted octanol–water partition coefficient (Wildman–Crippen LogP) is 5.47. The minimum atomic E-state index is 1.10. The summed E-state index contributed by atoms with van der Waals surface area (Å²) in [6, 6.07) is 8.73. The number of rotatable bonds is 4. The summed E-state index contributed by atoms with van der Waals surface area (Å²) in [4.78, 5) is 2.52. The molecule has 1 aromatic heterocycles. The van der Waals surface area contributed by atoms with Crippen molar-refractivity contribution in [2.75, 3.05) is 0 Å². The molecule has 1 aromatic carbocycles. The molecule has 0 unspecified atom stereocenters. The average molecular weight is 283 g/mol. The molecule has 20 heavy (non-hydrogen) atoms. The molecule has 0 aliphatic heterocycles. The van der Waals surface area contributed by atoms with Gasteiger partial charge in [-0.15, -0.1) is 0 Å². The van der Waals surface area contributed by atoms with Crippen molar-refractivity contribution in [3.05, 3.63) is 59.9 Å². The van der Waals surface area contributed by atoms with Crippen LogP contribution in [0.3, 0.4) is 0 Å². The number of aryl methyl sites for hydroxylation is 1. The van der Waals surface area contributed by atoms with Crippen molar-refractivity contribution >= 4 is 23.4 Å². The molecule has 0 bridgehead atoms. The molecule has 2 rings (SSSR count). The molecule has 0 spiro atoms. The largest absolute Gasteiger partial charge is 0.347 e. The highest BCUT2D eigenvalue weighted by Crippen LogP contribution is 2.34. The Morgan fingerprint density at radius 1 is 1.25 bits per heavy atom. The van der Waals surface area contributed by atoms with Crippen LogP contribution < -0.4 is 0 Å². The molecular formula is C18H21NS. The molecule has 2 heteroatoms. The summed E-state index contributed by atoms with van der Waals surface area (Å²) in [6.07, 6.45) is 1.91. The van der Waals surface area contributed by atoms with Gasteiger partial charge in [0.25, 0.3) is 0 Å². The summed E-state index contributed by atoms with van der Waals surface area (Å²) in [7, 11) is 2.09. The van der Waals surface area contributed by atoms with Gasteiger partial charge in [-0.2, -0.15) is 0 Å². The van der Waals surface area contributed by atoms with E-state index in [0.717, 1.165) is 5.57 Å². The van der Waals surface area contributed by atoms with Crippen LogP contribution in [0.5, 0.6) is 0 Å². The van der Waals surface area contributed by atoms with E-state index in [1.54, 1.807) is 11.8 Å². The number of hydrogen-bond donors (Lipinski definition) is 0. The van der Waals surface area contributed by atoms with E-state index in [4.69, 9.17) is 0 Å². The second kappa shape index (κ2) is 5.76. The van der Waals surface area contributed by atoms with Gasteiger partial charge in [-0.1, -0.05) is 37.1 Å². The number of nitrogens with zero attached hydrogens (tertiary/aromatic N) is 1. The highest BCUT2D eigenvalue weighted by atomic mass is 32.2. The van der Waals surface area contributed by atoms with E-state index in [1.165, 1.54) is 32.3 Å². The maximum atomic E-state index is 4.04. The Labute approximate surface area is 126 Å². The van der Waals surface area contributed by atoms with Crippen molar-refractivity contribution in [2.24, 2.45) is 7.05 Å². The van der Waals surface area contributed by atoms with E-state index in [0.29, 0.717) is 0 Å². The lowest BCUT2D eigenvalue weighted by atomic mass is 10.1. The van der Waals surface area contributed by atoms with E-state index in [2.05, 4.69) is 62.9 Å². The Morgan fingerprint density at radius 2 is 1.95 bits per heavy atom. The van der Waals surface area contributed by atoms with E-state index in [9.17, 15) is 0 Å². The lowest BCUT2D eigenvalue weighted by molar-refractivity contribution is 0.855. The Kier molecular flexibility index (Phi) is 4.24. The highest BCUT2D eigenvalue weighted by molar-refractivity contribution is 7.99. The summed E-state index contributed by atoms with van der Waals surface area (Å²) in [6.45, 7) is 14.2. The predicted molar refractivity (Wildman–Crippen MR) is 90.3 cm³/mol. The summed E-state index contributed by atoms with van der Waals surface area (Å²) in [5, 5.41) is 0. The van der Waals surface area contributed by atoms with Crippen LogP contribution in [0, 0.1) is 13.8 Å². The molecule has 0 saturated heterocycles. The van der Waals surface area contributed by atoms with Crippen molar-refractivity contribution in [3.8, 4) is 0 Å². The Bertz CT molecular complexity index is 677. The molecule has 0 aliphatic carbocycles. The lowest BCUT2D eigenvalue weighted by Crippen LogP contribution is -1.95. The van der Waals surface area contributed by atoms with Gasteiger partial charge in [0.1, 0.15) is 0 Å². The first kappa shape index (κ1) is 14.7. The number of aromatic nitrogens is 1. The molecule has 0 N–H and O–H groups in total. The Balaban J connectivity index is 2.37. The average Bonchev–Trinajstić information content (AvgIpc) is 2.69. The van der Waals surface area contributed by atoms with Crippen LogP contribution in [0.25, 0.3) is 11.6 Å². The quantitative estimate of drug-likeness (QED) is 0.720. The van der Waals surface area contributed by atoms with Crippen LogP contribution in [-0.4, -0.2) is 4.57 Å². The smallest absolute Gasteiger partial charge is 0.0441 e. The van der Waals surface area contributed by atoms with Gasteiger partial charge < -0.3 is 4.57 Å². The van der Waals surface area contributed by atoms with Gasteiger partial charge in [-0.05, 0) is 55.7 Å². The zero-order valence-electron chi connectivity index (χ0n) is 12.7. The van der Waals surface area contributed by atoms with E-state index >= 15 is 0 Å². The maximum Gasteiger partial charge on any atom is 0.0441 e. The van der Waals surface area contributed by atoms with Gasteiger partial charge in [0.05, 0.1) is 0 Å². The summed E-state index contributed by atoms with van der Waals surface area (Å²) in [5.74, 6) is 0. The lowest BCUT2D eigenvalue weighted by Gasteiger charge is -2.06. The van der Waals surface area contributed by atoms with Crippen molar-refractivity contribution in [1.82, 2.24) is 4.57 Å². The molecular weight excluding hydrogens is 262 g/mol.